The Bertz CT molecular complexity index is 618. The minimum absolute atomic E-state index is 0.194. The fraction of sp³-hybridized carbons (Fsp3) is 0.0909. The van der Waals surface area contributed by atoms with Crippen LogP contribution in [-0.4, -0.2) is 16.1 Å². The van der Waals surface area contributed by atoms with Crippen molar-refractivity contribution in [3.8, 4) is 0 Å². The average molecular weight is 238 g/mol. The second-order valence-electron chi connectivity index (χ2n) is 3.39. The van der Waals surface area contributed by atoms with Crippen LogP contribution in [0.2, 0.25) is 5.02 Å². The van der Waals surface area contributed by atoms with E-state index < -0.39 is 5.97 Å². The van der Waals surface area contributed by atoms with Crippen molar-refractivity contribution in [3.63, 3.8) is 0 Å². The molecule has 16 heavy (non-hydrogen) atoms. The summed E-state index contributed by atoms with van der Waals surface area (Å²) in [6.07, 6.45) is -0.194. The first-order valence-corrected chi connectivity index (χ1v) is 4.98. The van der Waals surface area contributed by atoms with Crippen LogP contribution < -0.4 is 5.56 Å². The van der Waals surface area contributed by atoms with Gasteiger partial charge in [0.1, 0.15) is 0 Å². The van der Waals surface area contributed by atoms with E-state index in [0.717, 1.165) is 0 Å². The lowest BCUT2D eigenvalue weighted by molar-refractivity contribution is -0.136. The quantitative estimate of drug-likeness (QED) is 0.837. The number of nitrogens with one attached hydrogen (secondary N) is 1. The Labute approximate surface area is 95.5 Å². The number of aromatic nitrogens is 1. The van der Waals surface area contributed by atoms with Gasteiger partial charge in [-0.3, -0.25) is 9.59 Å². The molecule has 0 saturated heterocycles. The van der Waals surface area contributed by atoms with Gasteiger partial charge in [-0.05, 0) is 11.6 Å². The van der Waals surface area contributed by atoms with Gasteiger partial charge in [-0.15, -0.1) is 0 Å². The lowest BCUT2D eigenvalue weighted by atomic mass is 10.1. The lowest BCUT2D eigenvalue weighted by Gasteiger charge is -2.04. The van der Waals surface area contributed by atoms with Crippen molar-refractivity contribution in [2.75, 3.05) is 0 Å². The number of benzene rings is 1. The summed E-state index contributed by atoms with van der Waals surface area (Å²) in [4.78, 5) is 24.6. The van der Waals surface area contributed by atoms with E-state index in [1.807, 2.05) is 0 Å². The molecule has 0 aliphatic carbocycles. The fourth-order valence-corrected chi connectivity index (χ4v) is 1.85. The summed E-state index contributed by atoms with van der Waals surface area (Å²) in [5.41, 5.74) is 0.596. The number of pyridine rings is 1. The van der Waals surface area contributed by atoms with Gasteiger partial charge in [-0.2, -0.15) is 0 Å². The number of hydrogen-bond acceptors (Lipinski definition) is 2. The summed E-state index contributed by atoms with van der Waals surface area (Å²) >= 11 is 5.92. The Morgan fingerprint density at radius 3 is 2.88 bits per heavy atom. The molecular formula is C11H8ClNO3. The number of para-hydroxylation sites is 1. The lowest BCUT2D eigenvalue weighted by Crippen LogP contribution is -2.10. The standard InChI is InChI=1S/C11H8ClNO3/c12-8-3-1-2-7-6(5-10(15)16)4-9(14)13-11(7)8/h1-4H,5H2,(H,13,14)(H,15,16). The van der Waals surface area contributed by atoms with E-state index in [9.17, 15) is 9.59 Å². The summed E-state index contributed by atoms with van der Waals surface area (Å²) in [6.45, 7) is 0. The van der Waals surface area contributed by atoms with Crippen LogP contribution in [0.15, 0.2) is 29.1 Å². The van der Waals surface area contributed by atoms with Crippen molar-refractivity contribution in [3.05, 3.63) is 45.2 Å². The number of aromatic amines is 1. The van der Waals surface area contributed by atoms with Crippen LogP contribution in [0.4, 0.5) is 0 Å². The maximum Gasteiger partial charge on any atom is 0.307 e. The Kier molecular flexibility index (Phi) is 2.66. The summed E-state index contributed by atoms with van der Waals surface area (Å²) in [5.74, 6) is -0.980. The zero-order chi connectivity index (χ0) is 11.7. The zero-order valence-electron chi connectivity index (χ0n) is 8.16. The van der Waals surface area contributed by atoms with E-state index in [0.29, 0.717) is 21.5 Å². The Balaban J connectivity index is 2.78. The molecule has 2 N–H and O–H groups in total. The van der Waals surface area contributed by atoms with Crippen LogP contribution in [0.5, 0.6) is 0 Å². The molecule has 0 spiro atoms. The fourth-order valence-electron chi connectivity index (χ4n) is 1.62. The van der Waals surface area contributed by atoms with Crippen molar-refractivity contribution >= 4 is 28.5 Å². The maximum atomic E-state index is 11.3. The van der Waals surface area contributed by atoms with Gasteiger partial charge in [0.15, 0.2) is 0 Å². The zero-order valence-corrected chi connectivity index (χ0v) is 8.91. The number of halogens is 1. The Morgan fingerprint density at radius 2 is 2.19 bits per heavy atom. The van der Waals surface area contributed by atoms with E-state index in [-0.39, 0.29) is 12.0 Å². The number of carbonyl (C=O) groups is 1. The number of H-pyrrole nitrogens is 1. The van der Waals surface area contributed by atoms with Gasteiger partial charge in [-0.25, -0.2) is 0 Å². The predicted molar refractivity (Wildman–Crippen MR) is 60.9 cm³/mol. The molecule has 0 atom stereocenters. The van der Waals surface area contributed by atoms with Gasteiger partial charge >= 0.3 is 5.97 Å². The molecule has 2 aromatic rings. The maximum absolute atomic E-state index is 11.3. The molecule has 2 rings (SSSR count). The van der Waals surface area contributed by atoms with Crippen LogP contribution in [0.1, 0.15) is 5.56 Å². The number of rotatable bonds is 2. The van der Waals surface area contributed by atoms with Crippen molar-refractivity contribution in [1.29, 1.82) is 0 Å². The SMILES string of the molecule is O=C(O)Cc1cc(=O)[nH]c2c(Cl)cccc12. The van der Waals surface area contributed by atoms with Gasteiger partial charge < -0.3 is 10.1 Å². The van der Waals surface area contributed by atoms with Gasteiger partial charge in [0, 0.05) is 11.5 Å². The van der Waals surface area contributed by atoms with Crippen molar-refractivity contribution in [2.45, 2.75) is 6.42 Å². The van der Waals surface area contributed by atoms with E-state index in [1.54, 1.807) is 18.2 Å². The highest BCUT2D eigenvalue weighted by atomic mass is 35.5. The number of carboxylic acid groups (broad SMARTS) is 1. The monoisotopic (exact) mass is 237 g/mol. The van der Waals surface area contributed by atoms with E-state index in [4.69, 9.17) is 16.7 Å². The second-order valence-corrected chi connectivity index (χ2v) is 3.80. The van der Waals surface area contributed by atoms with Gasteiger partial charge in [0.05, 0.1) is 17.0 Å². The van der Waals surface area contributed by atoms with Crippen LogP contribution in [0, 0.1) is 0 Å². The molecule has 1 aromatic carbocycles. The molecule has 5 heteroatoms. The molecule has 0 bridgehead atoms. The third-order valence-corrected chi connectivity index (χ3v) is 2.57. The van der Waals surface area contributed by atoms with E-state index >= 15 is 0 Å². The molecule has 82 valence electrons. The molecule has 0 aliphatic rings. The second kappa shape index (κ2) is 3.98. The summed E-state index contributed by atoms with van der Waals surface area (Å²) in [7, 11) is 0. The largest absolute Gasteiger partial charge is 0.481 e. The van der Waals surface area contributed by atoms with Gasteiger partial charge in [-0.1, -0.05) is 23.7 Å². The summed E-state index contributed by atoms with van der Waals surface area (Å²) in [6, 6.07) is 6.38. The van der Waals surface area contributed by atoms with Crippen molar-refractivity contribution in [1.82, 2.24) is 4.98 Å². The highest BCUT2D eigenvalue weighted by Gasteiger charge is 2.08. The highest BCUT2D eigenvalue weighted by Crippen LogP contribution is 2.22. The van der Waals surface area contributed by atoms with Crippen LogP contribution >= 0.6 is 11.6 Å². The van der Waals surface area contributed by atoms with Crippen LogP contribution in [0.3, 0.4) is 0 Å². The average Bonchev–Trinajstić information content (AvgIpc) is 2.18. The molecular weight excluding hydrogens is 230 g/mol. The van der Waals surface area contributed by atoms with Gasteiger partial charge in [0.2, 0.25) is 5.56 Å². The van der Waals surface area contributed by atoms with E-state index in [2.05, 4.69) is 4.98 Å². The van der Waals surface area contributed by atoms with Crippen LogP contribution in [-0.2, 0) is 11.2 Å². The predicted octanol–water partition coefficient (Wildman–Crippen LogP) is 1.81. The number of aliphatic carboxylic acids is 1. The molecule has 0 amide bonds. The highest BCUT2D eigenvalue weighted by molar-refractivity contribution is 6.35. The molecule has 1 heterocycles. The Morgan fingerprint density at radius 1 is 1.44 bits per heavy atom. The Hall–Kier alpha value is -1.81. The molecule has 0 saturated carbocycles. The topological polar surface area (TPSA) is 70.2 Å². The number of carboxylic acids is 1. The smallest absolute Gasteiger partial charge is 0.307 e. The van der Waals surface area contributed by atoms with E-state index in [1.165, 1.54) is 6.07 Å². The van der Waals surface area contributed by atoms with Crippen molar-refractivity contribution in [2.24, 2.45) is 0 Å². The number of hydrogen-bond donors (Lipinski definition) is 2. The first kappa shape index (κ1) is 10.7. The first-order valence-electron chi connectivity index (χ1n) is 4.60. The molecule has 0 radical (unpaired) electrons. The molecule has 1 aromatic heterocycles. The molecule has 4 nitrogen and oxygen atoms in total. The normalized spacial score (nSPS) is 10.6. The number of fused-ring (bicyclic) bond motifs is 1. The van der Waals surface area contributed by atoms with Crippen molar-refractivity contribution < 1.29 is 9.90 Å². The summed E-state index contributed by atoms with van der Waals surface area (Å²) in [5, 5.41) is 9.81. The molecule has 0 unspecified atom stereocenters. The minimum Gasteiger partial charge on any atom is -0.481 e. The third kappa shape index (κ3) is 1.92. The van der Waals surface area contributed by atoms with Crippen LogP contribution in [0.25, 0.3) is 10.9 Å². The van der Waals surface area contributed by atoms with Gasteiger partial charge in [0.25, 0.3) is 0 Å². The summed E-state index contributed by atoms with van der Waals surface area (Å²) < 4.78 is 0. The third-order valence-electron chi connectivity index (χ3n) is 2.25. The minimum atomic E-state index is -0.980. The molecule has 0 fully saturated rings. The first-order chi connectivity index (χ1) is 7.58. The molecule has 0 aliphatic heterocycles.